The van der Waals surface area contributed by atoms with Crippen LogP contribution >= 0.6 is 0 Å². The van der Waals surface area contributed by atoms with Gasteiger partial charge in [0.1, 0.15) is 11.5 Å². The van der Waals surface area contributed by atoms with Crippen LogP contribution in [0.15, 0.2) is 78.6 Å². The highest BCUT2D eigenvalue weighted by molar-refractivity contribution is 6.14. The lowest BCUT2D eigenvalue weighted by molar-refractivity contribution is 0.0921. The first-order valence-electron chi connectivity index (χ1n) is 10.7. The standard InChI is InChI=1S/C27H25NO4/c1-3-28(4-2)21-12-10-19(11-13-21)16-26-27(30)23-15-14-22(17-25(23)32-26)31-18-24(29)20-8-6-5-7-9-20/h5-17H,3-4,18H2,1-2H3/b26-16-. The molecule has 0 atom stereocenters. The van der Waals surface area contributed by atoms with Gasteiger partial charge in [0.25, 0.3) is 0 Å². The van der Waals surface area contributed by atoms with Crippen LogP contribution in [-0.4, -0.2) is 31.3 Å². The quantitative estimate of drug-likeness (QED) is 0.355. The third kappa shape index (κ3) is 4.57. The van der Waals surface area contributed by atoms with Crippen LogP contribution in [0.3, 0.4) is 0 Å². The molecule has 162 valence electrons. The van der Waals surface area contributed by atoms with E-state index in [0.717, 1.165) is 24.3 Å². The second-order valence-corrected chi connectivity index (χ2v) is 7.44. The molecule has 3 aromatic rings. The number of hydrogen-bond acceptors (Lipinski definition) is 5. The van der Waals surface area contributed by atoms with Crippen molar-refractivity contribution in [1.29, 1.82) is 0 Å². The molecule has 0 fully saturated rings. The highest BCUT2D eigenvalue weighted by Crippen LogP contribution is 2.35. The summed E-state index contributed by atoms with van der Waals surface area (Å²) < 4.78 is 11.4. The number of Topliss-reactive ketones (excluding diaryl/α,β-unsaturated/α-hetero) is 2. The third-order valence-electron chi connectivity index (χ3n) is 5.43. The smallest absolute Gasteiger partial charge is 0.231 e. The van der Waals surface area contributed by atoms with Crippen LogP contribution in [0.2, 0.25) is 0 Å². The number of benzene rings is 3. The largest absolute Gasteiger partial charge is 0.485 e. The molecule has 0 aromatic heterocycles. The normalized spacial score (nSPS) is 13.6. The Morgan fingerprint density at radius 1 is 0.969 bits per heavy atom. The highest BCUT2D eigenvalue weighted by atomic mass is 16.5. The van der Waals surface area contributed by atoms with Crippen molar-refractivity contribution in [3.05, 3.63) is 95.2 Å². The Balaban J connectivity index is 1.45. The summed E-state index contributed by atoms with van der Waals surface area (Å²) in [4.78, 5) is 27.2. The number of rotatable bonds is 8. The molecule has 32 heavy (non-hydrogen) atoms. The maximum atomic E-state index is 12.7. The average Bonchev–Trinajstić information content (AvgIpc) is 3.14. The molecule has 0 spiro atoms. The summed E-state index contributed by atoms with van der Waals surface area (Å²) in [6, 6.07) is 22.0. The molecule has 3 aromatic carbocycles. The molecule has 0 aliphatic carbocycles. The minimum Gasteiger partial charge on any atom is -0.485 e. The molecular formula is C27H25NO4. The van der Waals surface area contributed by atoms with Crippen molar-refractivity contribution in [2.24, 2.45) is 0 Å². The zero-order chi connectivity index (χ0) is 22.5. The summed E-state index contributed by atoms with van der Waals surface area (Å²) in [5.74, 6) is 0.904. The Kier molecular flexibility index (Phi) is 6.36. The van der Waals surface area contributed by atoms with Gasteiger partial charge in [0.2, 0.25) is 5.78 Å². The van der Waals surface area contributed by atoms with E-state index in [2.05, 4.69) is 18.7 Å². The highest BCUT2D eigenvalue weighted by Gasteiger charge is 2.27. The maximum Gasteiger partial charge on any atom is 0.231 e. The number of carbonyl (C=O) groups is 2. The minimum atomic E-state index is -0.167. The van der Waals surface area contributed by atoms with Crippen LogP contribution in [0.5, 0.6) is 11.5 Å². The topological polar surface area (TPSA) is 55.8 Å². The van der Waals surface area contributed by atoms with E-state index in [0.29, 0.717) is 22.6 Å². The van der Waals surface area contributed by atoms with Crippen LogP contribution in [0.25, 0.3) is 6.08 Å². The number of carbonyl (C=O) groups excluding carboxylic acids is 2. The number of ether oxygens (including phenoxy) is 2. The predicted molar refractivity (Wildman–Crippen MR) is 126 cm³/mol. The molecule has 0 bridgehead atoms. The average molecular weight is 428 g/mol. The summed E-state index contributed by atoms with van der Waals surface area (Å²) in [6.07, 6.45) is 1.74. The fourth-order valence-corrected chi connectivity index (χ4v) is 3.63. The monoisotopic (exact) mass is 427 g/mol. The molecule has 4 rings (SSSR count). The number of nitrogens with zero attached hydrogens (tertiary/aromatic N) is 1. The lowest BCUT2D eigenvalue weighted by Crippen LogP contribution is -2.21. The first kappa shape index (κ1) is 21.4. The molecule has 0 saturated heterocycles. The number of ketones is 2. The van der Waals surface area contributed by atoms with Gasteiger partial charge < -0.3 is 14.4 Å². The van der Waals surface area contributed by atoms with Crippen LogP contribution < -0.4 is 14.4 Å². The summed E-state index contributed by atoms with van der Waals surface area (Å²) >= 11 is 0. The van der Waals surface area contributed by atoms with Crippen LogP contribution in [0.1, 0.15) is 40.1 Å². The molecule has 0 radical (unpaired) electrons. The van der Waals surface area contributed by atoms with Gasteiger partial charge in [-0.1, -0.05) is 42.5 Å². The Bertz CT molecular complexity index is 1150. The van der Waals surface area contributed by atoms with Crippen LogP contribution in [0.4, 0.5) is 5.69 Å². The molecule has 0 N–H and O–H groups in total. The first-order valence-corrected chi connectivity index (χ1v) is 10.7. The van der Waals surface area contributed by atoms with Gasteiger partial charge in [-0.2, -0.15) is 0 Å². The Morgan fingerprint density at radius 3 is 2.38 bits per heavy atom. The van der Waals surface area contributed by atoms with Crippen molar-refractivity contribution in [2.75, 3.05) is 24.6 Å². The SMILES string of the molecule is CCN(CC)c1ccc(/C=C2\Oc3cc(OCC(=O)c4ccccc4)ccc3C2=O)cc1. The van der Waals surface area contributed by atoms with Gasteiger partial charge in [-0.05, 0) is 49.8 Å². The summed E-state index contributed by atoms with van der Waals surface area (Å²) in [7, 11) is 0. The predicted octanol–water partition coefficient (Wildman–Crippen LogP) is 5.41. The second kappa shape index (κ2) is 9.52. The molecule has 0 amide bonds. The lowest BCUT2D eigenvalue weighted by atomic mass is 10.1. The van der Waals surface area contributed by atoms with E-state index >= 15 is 0 Å². The molecule has 5 heteroatoms. The van der Waals surface area contributed by atoms with Gasteiger partial charge in [-0.3, -0.25) is 9.59 Å². The van der Waals surface area contributed by atoms with Crippen molar-refractivity contribution in [2.45, 2.75) is 13.8 Å². The lowest BCUT2D eigenvalue weighted by Gasteiger charge is -2.20. The second-order valence-electron chi connectivity index (χ2n) is 7.44. The fraction of sp³-hybridized carbons (Fsp3) is 0.185. The van der Waals surface area contributed by atoms with E-state index < -0.39 is 0 Å². The van der Waals surface area contributed by atoms with Crippen molar-refractivity contribution >= 4 is 23.3 Å². The zero-order valence-corrected chi connectivity index (χ0v) is 18.2. The third-order valence-corrected chi connectivity index (χ3v) is 5.43. The van der Waals surface area contributed by atoms with Crippen molar-refractivity contribution in [1.82, 2.24) is 0 Å². The molecule has 0 unspecified atom stereocenters. The van der Waals surface area contributed by atoms with Crippen molar-refractivity contribution in [3.63, 3.8) is 0 Å². The number of anilines is 1. The van der Waals surface area contributed by atoms with E-state index in [9.17, 15) is 9.59 Å². The molecule has 1 aliphatic heterocycles. The summed E-state index contributed by atoms with van der Waals surface area (Å²) in [5.41, 5.74) is 3.11. The number of allylic oxidation sites excluding steroid dienone is 1. The Morgan fingerprint density at radius 2 is 1.69 bits per heavy atom. The Hall–Kier alpha value is -3.86. The zero-order valence-electron chi connectivity index (χ0n) is 18.2. The summed E-state index contributed by atoms with van der Waals surface area (Å²) in [6.45, 7) is 6.04. The molecular weight excluding hydrogens is 402 g/mol. The van der Waals surface area contributed by atoms with Gasteiger partial charge >= 0.3 is 0 Å². The Labute approximate surface area is 187 Å². The van der Waals surface area contributed by atoms with E-state index in [1.54, 1.807) is 36.4 Å². The van der Waals surface area contributed by atoms with E-state index in [1.165, 1.54) is 0 Å². The van der Waals surface area contributed by atoms with Gasteiger partial charge in [-0.15, -0.1) is 0 Å². The fourth-order valence-electron chi connectivity index (χ4n) is 3.63. The number of hydrogen-bond donors (Lipinski definition) is 0. The van der Waals surface area contributed by atoms with E-state index in [-0.39, 0.29) is 23.9 Å². The molecule has 1 heterocycles. The molecule has 0 saturated carbocycles. The van der Waals surface area contributed by atoms with Crippen LogP contribution in [-0.2, 0) is 0 Å². The van der Waals surface area contributed by atoms with Gasteiger partial charge in [-0.25, -0.2) is 0 Å². The van der Waals surface area contributed by atoms with E-state index in [4.69, 9.17) is 9.47 Å². The van der Waals surface area contributed by atoms with Gasteiger partial charge in [0, 0.05) is 30.4 Å². The maximum absolute atomic E-state index is 12.7. The number of fused-ring (bicyclic) bond motifs is 1. The summed E-state index contributed by atoms with van der Waals surface area (Å²) in [5, 5.41) is 0. The van der Waals surface area contributed by atoms with E-state index in [1.807, 2.05) is 42.5 Å². The minimum absolute atomic E-state index is 0.0850. The first-order chi connectivity index (χ1) is 15.6. The van der Waals surface area contributed by atoms with Gasteiger partial charge in [0.05, 0.1) is 5.56 Å². The van der Waals surface area contributed by atoms with Crippen molar-refractivity contribution < 1.29 is 19.1 Å². The van der Waals surface area contributed by atoms with Crippen molar-refractivity contribution in [3.8, 4) is 11.5 Å². The van der Waals surface area contributed by atoms with Crippen LogP contribution in [0, 0.1) is 0 Å². The molecule has 1 aliphatic rings. The molecule has 5 nitrogen and oxygen atoms in total. The van der Waals surface area contributed by atoms with Gasteiger partial charge in [0.15, 0.2) is 18.1 Å².